The van der Waals surface area contributed by atoms with Crippen LogP contribution in [0.3, 0.4) is 0 Å². The predicted molar refractivity (Wildman–Crippen MR) is 244 cm³/mol. The van der Waals surface area contributed by atoms with Crippen LogP contribution in [0.2, 0.25) is 0 Å². The molecule has 3 N–H and O–H groups in total. The number of aliphatic hydroxyl groups excluding tert-OH is 2. The van der Waals surface area contributed by atoms with Gasteiger partial charge in [0, 0.05) is 44.2 Å². The van der Waals surface area contributed by atoms with Crippen LogP contribution in [-0.4, -0.2) is 83.7 Å². The molecule has 0 spiro atoms. The van der Waals surface area contributed by atoms with Crippen molar-refractivity contribution in [1.82, 2.24) is 10.2 Å². The first-order valence-corrected chi connectivity index (χ1v) is 22.6. The molecule has 1 saturated carbocycles. The second-order valence-electron chi connectivity index (χ2n) is 17.8. The molecule has 340 valence electrons. The molecule has 6 unspecified atom stereocenters. The molecule has 63 heavy (non-hydrogen) atoms. The van der Waals surface area contributed by atoms with Crippen molar-refractivity contribution < 1.29 is 43.6 Å². The molecule has 0 aromatic heterocycles. The number of nitrogens with zero attached hydrogens (tertiary/aromatic N) is 2. The number of aliphatic hydroxyl groups is 2. The normalized spacial score (nSPS) is 23.1. The number of hydrogen-bond acceptors (Lipinski definition) is 10. The van der Waals surface area contributed by atoms with Gasteiger partial charge >= 0.3 is 6.09 Å². The van der Waals surface area contributed by atoms with Crippen LogP contribution < -0.4 is 19.5 Å². The van der Waals surface area contributed by atoms with Gasteiger partial charge in [-0.3, -0.25) is 4.79 Å². The molecule has 2 aliphatic carbocycles. The minimum Gasteiger partial charge on any atom is -0.497 e. The fourth-order valence-electron chi connectivity index (χ4n) is 9.57. The van der Waals surface area contributed by atoms with Crippen molar-refractivity contribution >= 4 is 17.7 Å². The van der Waals surface area contributed by atoms with E-state index in [1.54, 1.807) is 19.3 Å². The first-order valence-electron chi connectivity index (χ1n) is 22.6. The Morgan fingerprint density at radius 2 is 1.71 bits per heavy atom. The minimum absolute atomic E-state index is 0.0103. The summed E-state index contributed by atoms with van der Waals surface area (Å²) in [6, 6.07) is 22.1. The number of oxime groups is 1. The number of carbonyl (C=O) groups is 2. The zero-order valence-electron chi connectivity index (χ0n) is 37.7. The van der Waals surface area contributed by atoms with Crippen molar-refractivity contribution in [3.05, 3.63) is 114 Å². The maximum Gasteiger partial charge on any atom is 0.412 e. The summed E-state index contributed by atoms with van der Waals surface area (Å²) in [6.45, 7) is 13.0. The van der Waals surface area contributed by atoms with Crippen LogP contribution in [0.5, 0.6) is 17.2 Å². The van der Waals surface area contributed by atoms with Gasteiger partial charge in [-0.2, -0.15) is 0 Å². The summed E-state index contributed by atoms with van der Waals surface area (Å²) in [7, 11) is 1.61. The molecule has 0 saturated heterocycles. The van der Waals surface area contributed by atoms with Crippen LogP contribution in [0.25, 0.3) is 0 Å². The van der Waals surface area contributed by atoms with E-state index in [-0.39, 0.29) is 49.9 Å². The summed E-state index contributed by atoms with van der Waals surface area (Å²) in [5.41, 5.74) is 3.68. The average Bonchev–Trinajstić information content (AvgIpc) is 3.27. The van der Waals surface area contributed by atoms with Gasteiger partial charge in [0.2, 0.25) is 11.7 Å². The molecule has 3 aliphatic rings. The Morgan fingerprint density at radius 3 is 2.41 bits per heavy atom. The topological polar surface area (TPSA) is 148 Å². The van der Waals surface area contributed by atoms with Crippen molar-refractivity contribution in [3.8, 4) is 17.2 Å². The Labute approximate surface area is 373 Å². The number of nitrogens with one attached hydrogen (secondary N) is 1. The number of benzene rings is 3. The van der Waals surface area contributed by atoms with E-state index in [0.29, 0.717) is 56.0 Å². The van der Waals surface area contributed by atoms with Crippen LogP contribution in [0.15, 0.2) is 102 Å². The average molecular weight is 866 g/mol. The Balaban J connectivity index is 1.53. The molecule has 1 fully saturated rings. The van der Waals surface area contributed by atoms with E-state index in [0.717, 1.165) is 53.7 Å². The standard InChI is InChI=1S/C51H67N3O9/c1-7-25-54(46(57)30-36-19-16-21-38(29-36)59-6)45-33-43(53-63-50(3,4)5)41-31-37(20-12-14-26-55)40(22-13-15-27-56)47-42-32-39(61-49(58)52-34-35-17-10-9-11-18-35)23-24-44(42)62-51(45,48(41)47)60-28-8-2/h8-11,16-19,21,23-24,29,31-32,37,40,45,47-48,55-56H,2,7,12-15,20,22,25-28,30,33-34H2,1,3-6H3,(H,52,58). The Morgan fingerprint density at radius 1 is 0.968 bits per heavy atom. The molecule has 6 atom stereocenters. The highest BCUT2D eigenvalue weighted by atomic mass is 16.7. The maximum atomic E-state index is 14.9. The van der Waals surface area contributed by atoms with E-state index in [4.69, 9.17) is 28.9 Å². The Bertz CT molecular complexity index is 2060. The van der Waals surface area contributed by atoms with Gasteiger partial charge in [0.05, 0.1) is 31.8 Å². The first-order chi connectivity index (χ1) is 30.4. The molecule has 1 aliphatic heterocycles. The number of allylic oxidation sites excluding steroid dienone is 1. The summed E-state index contributed by atoms with van der Waals surface area (Å²) in [6.07, 6.45) is 9.03. The van der Waals surface area contributed by atoms with Crippen LogP contribution >= 0.6 is 0 Å². The molecule has 12 nitrogen and oxygen atoms in total. The van der Waals surface area contributed by atoms with Gasteiger partial charge < -0.3 is 44.2 Å². The lowest BCUT2D eigenvalue weighted by molar-refractivity contribution is -0.257. The SMILES string of the molecule is C=CCOC12Oc3ccc(OC(=O)NCc4ccccc4)cc3C3C(CCCCO)C(CCCCO)C=C(C(=NOC(C)(C)C)CC1N(CCC)C(=O)Cc1cccc(OC)c1)C32. The maximum absolute atomic E-state index is 14.9. The summed E-state index contributed by atoms with van der Waals surface area (Å²) in [4.78, 5) is 36.4. The third-order valence-electron chi connectivity index (χ3n) is 12.2. The fourth-order valence-corrected chi connectivity index (χ4v) is 9.57. The van der Waals surface area contributed by atoms with Crippen molar-refractivity contribution in [2.45, 2.75) is 115 Å². The smallest absolute Gasteiger partial charge is 0.412 e. The van der Waals surface area contributed by atoms with E-state index in [1.165, 1.54) is 0 Å². The molecular formula is C51H67N3O9. The van der Waals surface area contributed by atoms with E-state index in [2.05, 4.69) is 24.9 Å². The van der Waals surface area contributed by atoms with Gasteiger partial charge in [-0.25, -0.2) is 4.79 Å². The number of unbranched alkanes of at least 4 members (excludes halogenated alkanes) is 2. The van der Waals surface area contributed by atoms with Gasteiger partial charge in [0.1, 0.15) is 28.9 Å². The lowest BCUT2D eigenvalue weighted by Crippen LogP contribution is -2.70. The first kappa shape index (κ1) is 47.3. The molecule has 3 aromatic carbocycles. The van der Waals surface area contributed by atoms with E-state index >= 15 is 0 Å². The van der Waals surface area contributed by atoms with Crippen molar-refractivity contribution in [3.63, 3.8) is 0 Å². The number of ether oxygens (including phenoxy) is 4. The Kier molecular flexibility index (Phi) is 16.5. The lowest BCUT2D eigenvalue weighted by Gasteiger charge is -2.60. The van der Waals surface area contributed by atoms with Gasteiger partial charge in [-0.05, 0) is 112 Å². The van der Waals surface area contributed by atoms with Crippen molar-refractivity contribution in [2.75, 3.05) is 33.5 Å². The summed E-state index contributed by atoms with van der Waals surface area (Å²) < 4.78 is 25.9. The summed E-state index contributed by atoms with van der Waals surface area (Å²) in [5.74, 6) is -0.591. The van der Waals surface area contributed by atoms with Crippen LogP contribution in [0.1, 0.15) is 102 Å². The third kappa shape index (κ3) is 11.5. The third-order valence-corrected chi connectivity index (χ3v) is 12.2. The number of methoxy groups -OCH3 is 1. The second kappa shape index (κ2) is 22.0. The molecule has 1 heterocycles. The monoisotopic (exact) mass is 865 g/mol. The summed E-state index contributed by atoms with van der Waals surface area (Å²) >= 11 is 0. The van der Waals surface area contributed by atoms with Gasteiger partial charge in [0.25, 0.3) is 0 Å². The highest BCUT2D eigenvalue weighted by Crippen LogP contribution is 2.62. The van der Waals surface area contributed by atoms with E-state index < -0.39 is 29.4 Å². The number of amides is 2. The fraction of sp³-hybridized carbons (Fsp3) is 0.510. The molecule has 6 rings (SSSR count). The zero-order chi connectivity index (χ0) is 45.0. The minimum atomic E-state index is -1.40. The summed E-state index contributed by atoms with van der Waals surface area (Å²) in [5, 5.41) is 27.7. The zero-order valence-corrected chi connectivity index (χ0v) is 37.7. The molecule has 3 aromatic rings. The van der Waals surface area contributed by atoms with Crippen molar-refractivity contribution in [1.29, 1.82) is 0 Å². The molecular weight excluding hydrogens is 799 g/mol. The van der Waals surface area contributed by atoms with E-state index in [1.807, 2.05) is 92.4 Å². The van der Waals surface area contributed by atoms with Gasteiger partial charge in [0.15, 0.2) is 0 Å². The highest BCUT2D eigenvalue weighted by Gasteiger charge is 2.65. The number of hydrogen-bond donors (Lipinski definition) is 3. The van der Waals surface area contributed by atoms with Crippen LogP contribution in [-0.2, 0) is 27.3 Å². The van der Waals surface area contributed by atoms with Gasteiger partial charge in [-0.1, -0.05) is 79.5 Å². The Hall–Kier alpha value is -5.17. The second-order valence-corrected chi connectivity index (χ2v) is 17.8. The molecule has 0 bridgehead atoms. The van der Waals surface area contributed by atoms with Crippen LogP contribution in [0.4, 0.5) is 4.79 Å². The quantitative estimate of drug-likeness (QED) is 0.0543. The van der Waals surface area contributed by atoms with Gasteiger partial charge in [-0.15, -0.1) is 6.58 Å². The van der Waals surface area contributed by atoms with Crippen molar-refractivity contribution in [2.24, 2.45) is 22.9 Å². The molecule has 12 heteroatoms. The number of rotatable bonds is 21. The largest absolute Gasteiger partial charge is 0.497 e. The predicted octanol–water partition coefficient (Wildman–Crippen LogP) is 8.90. The molecule has 0 radical (unpaired) electrons. The number of carbonyl (C=O) groups excluding carboxylic acids is 2. The lowest BCUT2D eigenvalue weighted by atomic mass is 9.55. The highest BCUT2D eigenvalue weighted by molar-refractivity contribution is 6.03. The molecule has 2 amide bonds. The van der Waals surface area contributed by atoms with Crippen LogP contribution in [0, 0.1) is 17.8 Å². The van der Waals surface area contributed by atoms with E-state index in [9.17, 15) is 19.8 Å². The number of fused-ring (bicyclic) bond motifs is 2.